The van der Waals surface area contributed by atoms with Gasteiger partial charge >= 0.3 is 0 Å². The summed E-state index contributed by atoms with van der Waals surface area (Å²) >= 11 is 8.31. The molecule has 1 atom stereocenters. The van der Waals surface area contributed by atoms with E-state index in [0.717, 1.165) is 26.5 Å². The van der Waals surface area contributed by atoms with Gasteiger partial charge in [-0.3, -0.25) is 0 Å². The van der Waals surface area contributed by atoms with E-state index in [4.69, 9.17) is 17.3 Å². The van der Waals surface area contributed by atoms with Gasteiger partial charge in [0.1, 0.15) is 0 Å². The molecular formula is C13H19ClIN. The van der Waals surface area contributed by atoms with E-state index in [1.54, 1.807) is 0 Å². The summed E-state index contributed by atoms with van der Waals surface area (Å²) in [6.45, 7) is 4.49. The van der Waals surface area contributed by atoms with E-state index in [9.17, 15) is 0 Å². The van der Waals surface area contributed by atoms with Crippen LogP contribution in [0, 0.1) is 9.49 Å². The maximum atomic E-state index is 6.14. The first-order chi connectivity index (χ1) is 7.50. The molecule has 0 amide bonds. The second-order valence-corrected chi connectivity index (χ2v) is 6.17. The lowest BCUT2D eigenvalue weighted by molar-refractivity contribution is 0.505. The zero-order chi connectivity index (χ0) is 12.1. The molecule has 1 aromatic carbocycles. The highest BCUT2D eigenvalue weighted by molar-refractivity contribution is 14.1. The van der Waals surface area contributed by atoms with Gasteiger partial charge in [0.2, 0.25) is 0 Å². The minimum atomic E-state index is 0.119. The third-order valence-electron chi connectivity index (χ3n) is 2.67. The highest BCUT2D eigenvalue weighted by atomic mass is 127. The second kappa shape index (κ2) is 6.82. The van der Waals surface area contributed by atoms with Crippen LogP contribution in [0.15, 0.2) is 18.2 Å². The fourth-order valence-electron chi connectivity index (χ4n) is 1.66. The number of nitrogens with two attached hydrogens (primary N) is 1. The minimum absolute atomic E-state index is 0.119. The summed E-state index contributed by atoms with van der Waals surface area (Å²) < 4.78 is 1.08. The zero-order valence-electron chi connectivity index (χ0n) is 9.84. The Morgan fingerprint density at radius 2 is 2.00 bits per heavy atom. The highest BCUT2D eigenvalue weighted by Crippen LogP contribution is 2.25. The average Bonchev–Trinajstić information content (AvgIpc) is 2.21. The van der Waals surface area contributed by atoms with Crippen molar-refractivity contribution >= 4 is 34.2 Å². The molecule has 0 saturated carbocycles. The molecule has 1 nitrogen and oxygen atoms in total. The van der Waals surface area contributed by atoms with Crippen LogP contribution in [0.4, 0.5) is 0 Å². The Balaban J connectivity index is 2.52. The van der Waals surface area contributed by atoms with E-state index < -0.39 is 0 Å². The van der Waals surface area contributed by atoms with Gasteiger partial charge in [0.15, 0.2) is 0 Å². The average molecular weight is 352 g/mol. The fraction of sp³-hybridized carbons (Fsp3) is 0.538. The lowest BCUT2D eigenvalue weighted by Gasteiger charge is -2.13. The van der Waals surface area contributed by atoms with E-state index in [0.29, 0.717) is 0 Å². The van der Waals surface area contributed by atoms with Gasteiger partial charge in [0, 0.05) is 9.61 Å². The van der Waals surface area contributed by atoms with Crippen molar-refractivity contribution in [1.29, 1.82) is 0 Å². The Morgan fingerprint density at radius 3 is 2.56 bits per heavy atom. The predicted octanol–water partition coefficient (Wildman–Crippen LogP) is 4.77. The van der Waals surface area contributed by atoms with Crippen LogP contribution in [0.2, 0.25) is 5.02 Å². The molecule has 0 aliphatic rings. The normalized spacial score (nSPS) is 13.1. The monoisotopic (exact) mass is 351 g/mol. The standard InChI is InChI=1S/C13H19ClIN/c1-9(2)4-3-5-13(16)10-6-7-12(15)11(14)8-10/h6-9,13H,3-5,16H2,1-2H3. The highest BCUT2D eigenvalue weighted by Gasteiger charge is 2.08. The minimum Gasteiger partial charge on any atom is -0.324 e. The molecule has 0 bridgehead atoms. The number of halogens is 2. The second-order valence-electron chi connectivity index (χ2n) is 4.60. The maximum Gasteiger partial charge on any atom is 0.0542 e. The Bertz CT molecular complexity index is 339. The fourth-order valence-corrected chi connectivity index (χ4v) is 2.18. The molecule has 1 unspecified atom stereocenters. The topological polar surface area (TPSA) is 26.0 Å². The van der Waals surface area contributed by atoms with E-state index >= 15 is 0 Å². The predicted molar refractivity (Wildman–Crippen MR) is 79.8 cm³/mol. The van der Waals surface area contributed by atoms with Crippen molar-refractivity contribution in [1.82, 2.24) is 0 Å². The van der Waals surface area contributed by atoms with Crippen LogP contribution in [0.1, 0.15) is 44.7 Å². The van der Waals surface area contributed by atoms with Crippen LogP contribution in [0.5, 0.6) is 0 Å². The van der Waals surface area contributed by atoms with Gasteiger partial charge in [-0.25, -0.2) is 0 Å². The molecule has 0 heterocycles. The molecule has 0 aliphatic carbocycles. The number of hydrogen-bond acceptors (Lipinski definition) is 1. The van der Waals surface area contributed by atoms with Gasteiger partial charge in [-0.05, 0) is 52.6 Å². The maximum absolute atomic E-state index is 6.14. The third-order valence-corrected chi connectivity index (χ3v) is 4.24. The molecule has 0 spiro atoms. The van der Waals surface area contributed by atoms with E-state index in [-0.39, 0.29) is 6.04 Å². The molecule has 0 aromatic heterocycles. The van der Waals surface area contributed by atoms with Gasteiger partial charge in [-0.1, -0.05) is 44.4 Å². The van der Waals surface area contributed by atoms with Crippen molar-refractivity contribution in [2.75, 3.05) is 0 Å². The molecule has 3 heteroatoms. The van der Waals surface area contributed by atoms with Crippen molar-refractivity contribution in [3.05, 3.63) is 32.4 Å². The Morgan fingerprint density at radius 1 is 1.31 bits per heavy atom. The molecule has 16 heavy (non-hydrogen) atoms. The summed E-state index contributed by atoms with van der Waals surface area (Å²) in [6, 6.07) is 6.21. The summed E-state index contributed by atoms with van der Waals surface area (Å²) in [6.07, 6.45) is 3.46. The molecule has 0 radical (unpaired) electrons. The van der Waals surface area contributed by atoms with Crippen molar-refractivity contribution < 1.29 is 0 Å². The molecule has 0 saturated heterocycles. The number of rotatable bonds is 5. The molecule has 0 aliphatic heterocycles. The third kappa shape index (κ3) is 4.60. The van der Waals surface area contributed by atoms with Crippen LogP contribution in [-0.2, 0) is 0 Å². The Kier molecular flexibility index (Phi) is 6.08. The van der Waals surface area contributed by atoms with Crippen molar-refractivity contribution in [3.8, 4) is 0 Å². The van der Waals surface area contributed by atoms with E-state index in [2.05, 4.69) is 42.5 Å². The summed E-state index contributed by atoms with van der Waals surface area (Å²) in [5.41, 5.74) is 7.29. The SMILES string of the molecule is CC(C)CCCC(N)c1ccc(I)c(Cl)c1. The molecule has 1 aromatic rings. The first-order valence-corrected chi connectivity index (χ1v) is 7.17. The summed E-state index contributed by atoms with van der Waals surface area (Å²) in [4.78, 5) is 0. The van der Waals surface area contributed by atoms with Crippen LogP contribution < -0.4 is 5.73 Å². The van der Waals surface area contributed by atoms with E-state index in [1.165, 1.54) is 12.8 Å². The van der Waals surface area contributed by atoms with Crippen molar-refractivity contribution in [2.24, 2.45) is 11.7 Å². The first kappa shape index (κ1) is 14.3. The lowest BCUT2D eigenvalue weighted by Crippen LogP contribution is -2.10. The molecule has 90 valence electrons. The molecule has 2 N–H and O–H groups in total. The van der Waals surface area contributed by atoms with Crippen molar-refractivity contribution in [3.63, 3.8) is 0 Å². The lowest BCUT2D eigenvalue weighted by atomic mass is 9.99. The summed E-state index contributed by atoms with van der Waals surface area (Å²) in [5, 5.41) is 0.803. The Labute approximate surface area is 117 Å². The number of benzene rings is 1. The summed E-state index contributed by atoms with van der Waals surface area (Å²) in [5.74, 6) is 0.757. The molecular weight excluding hydrogens is 333 g/mol. The van der Waals surface area contributed by atoms with Crippen molar-refractivity contribution in [2.45, 2.75) is 39.2 Å². The molecule has 0 fully saturated rings. The Hall–Kier alpha value is 0.200. The van der Waals surface area contributed by atoms with Crippen LogP contribution in [0.25, 0.3) is 0 Å². The van der Waals surface area contributed by atoms with Gasteiger partial charge in [-0.2, -0.15) is 0 Å². The van der Waals surface area contributed by atoms with Crippen LogP contribution >= 0.6 is 34.2 Å². The summed E-state index contributed by atoms with van der Waals surface area (Å²) in [7, 11) is 0. The zero-order valence-corrected chi connectivity index (χ0v) is 12.8. The smallest absolute Gasteiger partial charge is 0.0542 e. The van der Waals surface area contributed by atoms with Gasteiger partial charge in [-0.15, -0.1) is 0 Å². The van der Waals surface area contributed by atoms with Gasteiger partial charge in [0.25, 0.3) is 0 Å². The number of hydrogen-bond donors (Lipinski definition) is 1. The largest absolute Gasteiger partial charge is 0.324 e. The van der Waals surface area contributed by atoms with E-state index in [1.807, 2.05) is 12.1 Å². The van der Waals surface area contributed by atoms with Gasteiger partial charge < -0.3 is 5.73 Å². The van der Waals surface area contributed by atoms with Crippen LogP contribution in [-0.4, -0.2) is 0 Å². The first-order valence-electron chi connectivity index (χ1n) is 5.71. The molecule has 1 rings (SSSR count). The quantitative estimate of drug-likeness (QED) is 0.760. The van der Waals surface area contributed by atoms with Gasteiger partial charge in [0.05, 0.1) is 5.02 Å². The van der Waals surface area contributed by atoms with Crippen LogP contribution in [0.3, 0.4) is 0 Å².